The number of rotatable bonds is 9. The third-order valence-electron chi connectivity index (χ3n) is 5.90. The molecule has 33 heavy (non-hydrogen) atoms. The van der Waals surface area contributed by atoms with Crippen LogP contribution < -0.4 is 10.6 Å². The molecule has 5 nitrogen and oxygen atoms in total. The lowest BCUT2D eigenvalue weighted by Crippen LogP contribution is -2.31. The molecule has 174 valence electrons. The maximum Gasteiger partial charge on any atom is 0.129 e. The van der Waals surface area contributed by atoms with Crippen molar-refractivity contribution in [3.8, 4) is 0 Å². The summed E-state index contributed by atoms with van der Waals surface area (Å²) in [6, 6.07) is 12.6. The first-order chi connectivity index (χ1) is 16.0. The van der Waals surface area contributed by atoms with Crippen molar-refractivity contribution in [2.45, 2.75) is 31.7 Å². The van der Waals surface area contributed by atoms with Crippen molar-refractivity contribution in [3.05, 3.63) is 90.6 Å². The van der Waals surface area contributed by atoms with Gasteiger partial charge in [-0.1, -0.05) is 49.5 Å². The lowest BCUT2D eigenvalue weighted by Gasteiger charge is -2.25. The second-order valence-corrected chi connectivity index (χ2v) is 8.57. The molecule has 4 rings (SSSR count). The molecule has 0 saturated carbocycles. The molecule has 0 amide bonds. The Morgan fingerprint density at radius 2 is 2.00 bits per heavy atom. The molecule has 6 heteroatoms. The quantitative estimate of drug-likeness (QED) is 0.329. The number of halogens is 1. The van der Waals surface area contributed by atoms with Crippen LogP contribution in [0.15, 0.2) is 74.2 Å². The van der Waals surface area contributed by atoms with E-state index in [0.717, 1.165) is 35.1 Å². The van der Waals surface area contributed by atoms with Crippen LogP contribution in [0.3, 0.4) is 0 Å². The highest BCUT2D eigenvalue weighted by Gasteiger charge is 2.17. The molecular weight excluding hydrogens is 430 g/mol. The van der Waals surface area contributed by atoms with Gasteiger partial charge in [0.2, 0.25) is 0 Å². The van der Waals surface area contributed by atoms with Crippen LogP contribution in [0.25, 0.3) is 17.0 Å². The smallest absolute Gasteiger partial charge is 0.129 e. The van der Waals surface area contributed by atoms with Crippen LogP contribution in [-0.4, -0.2) is 41.0 Å². The molecule has 0 spiro atoms. The highest BCUT2D eigenvalue weighted by Crippen LogP contribution is 2.22. The molecule has 1 atom stereocenters. The van der Waals surface area contributed by atoms with Gasteiger partial charge in [0, 0.05) is 48.0 Å². The average Bonchev–Trinajstić information content (AvgIpc) is 3.50. The van der Waals surface area contributed by atoms with E-state index in [1.54, 1.807) is 18.5 Å². The Morgan fingerprint density at radius 3 is 2.70 bits per heavy atom. The molecule has 2 aromatic heterocycles. The molecule has 1 fully saturated rings. The van der Waals surface area contributed by atoms with Crippen molar-refractivity contribution in [3.63, 3.8) is 0 Å². The maximum atomic E-state index is 5.72. The average molecular weight is 464 g/mol. The Labute approximate surface area is 202 Å². The molecule has 1 aliphatic rings. The van der Waals surface area contributed by atoms with E-state index in [-0.39, 0.29) is 0 Å². The topological polar surface area (TPSA) is 56.0 Å². The summed E-state index contributed by atoms with van der Waals surface area (Å²) in [7, 11) is 2.03. The summed E-state index contributed by atoms with van der Waals surface area (Å²) in [5, 5.41) is 8.22. The van der Waals surface area contributed by atoms with Crippen molar-refractivity contribution in [2.75, 3.05) is 25.5 Å². The number of benzene rings is 1. The molecule has 1 saturated heterocycles. The van der Waals surface area contributed by atoms with E-state index >= 15 is 0 Å². The van der Waals surface area contributed by atoms with Crippen molar-refractivity contribution in [1.82, 2.24) is 20.2 Å². The zero-order valence-electron chi connectivity index (χ0n) is 19.4. The minimum atomic E-state index is 0.408. The summed E-state index contributed by atoms with van der Waals surface area (Å²) >= 11 is 5.72. The number of aromatic amines is 1. The lowest BCUT2D eigenvalue weighted by atomic mass is 10.0. The highest BCUT2D eigenvalue weighted by atomic mass is 35.5. The van der Waals surface area contributed by atoms with E-state index in [1.807, 2.05) is 25.2 Å². The van der Waals surface area contributed by atoms with Crippen LogP contribution in [0.4, 0.5) is 5.69 Å². The fourth-order valence-corrected chi connectivity index (χ4v) is 4.24. The zero-order chi connectivity index (χ0) is 23.6. The van der Waals surface area contributed by atoms with Crippen LogP contribution in [0.1, 0.15) is 30.5 Å². The van der Waals surface area contributed by atoms with Gasteiger partial charge in [-0.05, 0) is 62.3 Å². The number of hydrogen-bond donors (Lipinski definition) is 3. The van der Waals surface area contributed by atoms with Gasteiger partial charge in [0.15, 0.2) is 0 Å². The number of aromatic nitrogens is 2. The Hall–Kier alpha value is -3.02. The van der Waals surface area contributed by atoms with Crippen molar-refractivity contribution >= 4 is 34.3 Å². The minimum absolute atomic E-state index is 0.408. The standard InChI is InChI=1S/C18H27N3.C9H7ClN2/c1-4-20-18-10-6-5-9-16(18)14-17(19-3)13-15(2)21-11-7-8-12-21;1-2-7-3-6-4-9(10)11-5-8(6)12-7/h4-6,9-10,17,19-20H,1-2,7-8,11-14H2,3H3;2-5,12H,1H2. The predicted octanol–water partition coefficient (Wildman–Crippen LogP) is 6.23. The van der Waals surface area contributed by atoms with Gasteiger partial charge >= 0.3 is 0 Å². The number of para-hydroxylation sites is 1. The molecule has 0 radical (unpaired) electrons. The van der Waals surface area contributed by atoms with Gasteiger partial charge in [-0.25, -0.2) is 4.98 Å². The monoisotopic (exact) mass is 463 g/mol. The maximum absolute atomic E-state index is 5.72. The van der Waals surface area contributed by atoms with Gasteiger partial charge in [-0.2, -0.15) is 0 Å². The molecule has 3 aromatic rings. The zero-order valence-corrected chi connectivity index (χ0v) is 20.2. The van der Waals surface area contributed by atoms with Crippen LogP contribution >= 0.6 is 11.6 Å². The molecule has 3 N–H and O–H groups in total. The van der Waals surface area contributed by atoms with E-state index < -0.39 is 0 Å². The number of anilines is 1. The second kappa shape index (κ2) is 12.3. The summed E-state index contributed by atoms with van der Waals surface area (Å²) in [5.74, 6) is 0. The first-order valence-corrected chi connectivity index (χ1v) is 11.7. The SMILES string of the molecule is C=CNc1ccccc1CC(CC(=C)N1CCCC1)NC.C=Cc1cc2cc(Cl)ncc2[nH]1. The van der Waals surface area contributed by atoms with Gasteiger partial charge in [-0.3, -0.25) is 0 Å². The lowest BCUT2D eigenvalue weighted by molar-refractivity contribution is 0.386. The Kier molecular flexibility index (Phi) is 9.16. The molecule has 0 bridgehead atoms. The highest BCUT2D eigenvalue weighted by molar-refractivity contribution is 6.30. The van der Waals surface area contributed by atoms with Crippen molar-refractivity contribution < 1.29 is 0 Å². The van der Waals surface area contributed by atoms with Gasteiger partial charge in [0.1, 0.15) is 5.15 Å². The molecule has 0 aliphatic carbocycles. The first kappa shape index (κ1) is 24.6. The number of hydrogen-bond acceptors (Lipinski definition) is 4. The van der Waals surface area contributed by atoms with Gasteiger partial charge in [0.25, 0.3) is 0 Å². The third-order valence-corrected chi connectivity index (χ3v) is 6.10. The van der Waals surface area contributed by atoms with E-state index in [0.29, 0.717) is 11.2 Å². The summed E-state index contributed by atoms with van der Waals surface area (Å²) in [4.78, 5) is 9.52. The van der Waals surface area contributed by atoms with Gasteiger partial charge in [0.05, 0.1) is 11.7 Å². The first-order valence-electron chi connectivity index (χ1n) is 11.4. The van der Waals surface area contributed by atoms with Crippen LogP contribution in [0.2, 0.25) is 5.15 Å². The molecule has 1 aromatic carbocycles. The summed E-state index contributed by atoms with van der Waals surface area (Å²) in [5.41, 5.74) is 5.68. The number of nitrogens with zero attached hydrogens (tertiary/aromatic N) is 2. The Morgan fingerprint density at radius 1 is 1.24 bits per heavy atom. The number of nitrogens with one attached hydrogen (secondary N) is 3. The van der Waals surface area contributed by atoms with Gasteiger partial charge in [-0.15, -0.1) is 0 Å². The van der Waals surface area contributed by atoms with Gasteiger partial charge < -0.3 is 20.5 Å². The number of pyridine rings is 1. The van der Waals surface area contributed by atoms with Crippen molar-refractivity contribution in [2.24, 2.45) is 0 Å². The third kappa shape index (κ3) is 6.98. The van der Waals surface area contributed by atoms with Crippen LogP contribution in [0.5, 0.6) is 0 Å². The van der Waals surface area contributed by atoms with E-state index in [1.165, 1.54) is 37.2 Å². The van der Waals surface area contributed by atoms with E-state index in [2.05, 4.69) is 63.4 Å². The second-order valence-electron chi connectivity index (χ2n) is 8.18. The number of H-pyrrole nitrogens is 1. The Bertz CT molecular complexity index is 1080. The normalized spacial score (nSPS) is 13.8. The van der Waals surface area contributed by atoms with Crippen LogP contribution in [-0.2, 0) is 6.42 Å². The molecule has 3 heterocycles. The minimum Gasteiger partial charge on any atom is -0.375 e. The van der Waals surface area contributed by atoms with E-state index in [9.17, 15) is 0 Å². The summed E-state index contributed by atoms with van der Waals surface area (Å²) in [6.07, 6.45) is 9.79. The number of likely N-dealkylation sites (N-methyl/N-ethyl adjacent to an activating group) is 1. The number of fused-ring (bicyclic) bond motifs is 1. The largest absolute Gasteiger partial charge is 0.375 e. The molecular formula is C27H34ClN5. The van der Waals surface area contributed by atoms with Crippen LogP contribution in [0, 0.1) is 0 Å². The summed E-state index contributed by atoms with van der Waals surface area (Å²) < 4.78 is 0. The molecule has 1 unspecified atom stereocenters. The molecule has 1 aliphatic heterocycles. The predicted molar refractivity (Wildman–Crippen MR) is 143 cm³/mol. The fraction of sp³-hybridized carbons (Fsp3) is 0.296. The number of likely N-dealkylation sites (tertiary alicyclic amines) is 1. The summed E-state index contributed by atoms with van der Waals surface area (Å²) in [6.45, 7) is 14.0. The Balaban J connectivity index is 0.000000215. The van der Waals surface area contributed by atoms with Crippen molar-refractivity contribution in [1.29, 1.82) is 0 Å². The fourth-order valence-electron chi connectivity index (χ4n) is 4.07. The van der Waals surface area contributed by atoms with E-state index in [4.69, 9.17) is 11.6 Å².